The van der Waals surface area contributed by atoms with Gasteiger partial charge in [0.2, 0.25) is 5.91 Å². The lowest BCUT2D eigenvalue weighted by atomic mass is 9.99. The second-order valence-electron chi connectivity index (χ2n) is 6.21. The van der Waals surface area contributed by atoms with Crippen LogP contribution in [-0.4, -0.2) is 30.0 Å². The van der Waals surface area contributed by atoms with Crippen molar-refractivity contribution in [2.75, 3.05) is 29.1 Å². The number of hydrogen-bond donors (Lipinski definition) is 1. The van der Waals surface area contributed by atoms with Crippen LogP contribution in [0.3, 0.4) is 0 Å². The van der Waals surface area contributed by atoms with Gasteiger partial charge in [0, 0.05) is 24.5 Å². The summed E-state index contributed by atoms with van der Waals surface area (Å²) in [5.74, 6) is 2.13. The Bertz CT molecular complexity index is 474. The van der Waals surface area contributed by atoms with Crippen LogP contribution in [0.15, 0.2) is 24.3 Å². The van der Waals surface area contributed by atoms with Crippen LogP contribution in [0.4, 0.5) is 11.4 Å². The van der Waals surface area contributed by atoms with E-state index in [4.69, 9.17) is 0 Å². The van der Waals surface area contributed by atoms with E-state index >= 15 is 0 Å². The Hall–Kier alpha value is -1.16. The van der Waals surface area contributed by atoms with Crippen LogP contribution in [0.5, 0.6) is 0 Å². The predicted molar refractivity (Wildman–Crippen MR) is 91.2 cm³/mol. The molecule has 2 fully saturated rings. The third-order valence-corrected chi connectivity index (χ3v) is 5.88. The molecule has 0 saturated carbocycles. The molecular weight excluding hydrogens is 280 g/mol. The van der Waals surface area contributed by atoms with Crippen molar-refractivity contribution in [2.45, 2.75) is 37.9 Å². The van der Waals surface area contributed by atoms with Crippen LogP contribution in [0.2, 0.25) is 0 Å². The Morgan fingerprint density at radius 3 is 2.52 bits per heavy atom. The van der Waals surface area contributed by atoms with Gasteiger partial charge in [0.25, 0.3) is 0 Å². The van der Waals surface area contributed by atoms with Gasteiger partial charge in [0.1, 0.15) is 0 Å². The quantitative estimate of drug-likeness (QED) is 0.923. The monoisotopic (exact) mass is 304 g/mol. The summed E-state index contributed by atoms with van der Waals surface area (Å²) in [6.07, 6.45) is 4.73. The number of anilines is 2. The van der Waals surface area contributed by atoms with Gasteiger partial charge in [0.05, 0.1) is 5.25 Å². The van der Waals surface area contributed by atoms with Gasteiger partial charge in [-0.25, -0.2) is 0 Å². The first-order valence-electron chi connectivity index (χ1n) is 8.00. The number of rotatable bonds is 3. The van der Waals surface area contributed by atoms with E-state index in [1.54, 1.807) is 11.8 Å². The second-order valence-corrected chi connectivity index (χ2v) is 7.52. The molecule has 114 valence electrons. The van der Waals surface area contributed by atoms with Crippen molar-refractivity contribution in [3.63, 3.8) is 0 Å². The standard InChI is InChI=1S/C17H24N2OS/c1-13-8-10-19(11-9-13)15-6-4-14(5-7-15)18-17(20)16-3-2-12-21-16/h4-7,13,16H,2-3,8-12H2,1H3,(H,18,20). The summed E-state index contributed by atoms with van der Waals surface area (Å²) >= 11 is 1.78. The Morgan fingerprint density at radius 2 is 1.90 bits per heavy atom. The lowest BCUT2D eigenvalue weighted by Gasteiger charge is -2.32. The molecule has 1 amide bonds. The highest BCUT2D eigenvalue weighted by Gasteiger charge is 2.23. The van der Waals surface area contributed by atoms with Crippen LogP contribution in [-0.2, 0) is 4.79 Å². The number of nitrogens with zero attached hydrogens (tertiary/aromatic N) is 1. The average Bonchev–Trinajstić information content (AvgIpc) is 3.03. The van der Waals surface area contributed by atoms with E-state index in [9.17, 15) is 4.79 Å². The molecule has 2 heterocycles. The highest BCUT2D eigenvalue weighted by atomic mass is 32.2. The van der Waals surface area contributed by atoms with E-state index in [2.05, 4.69) is 29.3 Å². The van der Waals surface area contributed by atoms with Crippen LogP contribution < -0.4 is 10.2 Å². The maximum absolute atomic E-state index is 12.1. The summed E-state index contributed by atoms with van der Waals surface area (Å²) < 4.78 is 0. The van der Waals surface area contributed by atoms with Gasteiger partial charge in [-0.1, -0.05) is 6.92 Å². The molecule has 3 nitrogen and oxygen atoms in total. The number of piperidine rings is 1. The van der Waals surface area contributed by atoms with Gasteiger partial charge in [-0.3, -0.25) is 4.79 Å². The minimum atomic E-state index is 0.147. The van der Waals surface area contributed by atoms with E-state index in [0.717, 1.165) is 43.3 Å². The number of carbonyl (C=O) groups is 1. The summed E-state index contributed by atoms with van der Waals surface area (Å²) in [5, 5.41) is 3.19. The Labute approximate surface area is 131 Å². The highest BCUT2D eigenvalue weighted by Crippen LogP contribution is 2.28. The summed E-state index contributed by atoms with van der Waals surface area (Å²) in [6, 6.07) is 8.33. The zero-order chi connectivity index (χ0) is 14.7. The van der Waals surface area contributed by atoms with Crippen molar-refractivity contribution >= 4 is 29.0 Å². The fourth-order valence-corrected chi connectivity index (χ4v) is 4.19. The topological polar surface area (TPSA) is 32.3 Å². The van der Waals surface area contributed by atoms with E-state index in [-0.39, 0.29) is 11.2 Å². The first-order valence-corrected chi connectivity index (χ1v) is 9.05. The van der Waals surface area contributed by atoms with Crippen molar-refractivity contribution in [3.05, 3.63) is 24.3 Å². The SMILES string of the molecule is CC1CCN(c2ccc(NC(=O)C3CCCS3)cc2)CC1. The van der Waals surface area contributed by atoms with Gasteiger partial charge in [0.15, 0.2) is 0 Å². The summed E-state index contributed by atoms with van der Waals surface area (Å²) in [4.78, 5) is 14.5. The molecule has 4 heteroatoms. The third-order valence-electron chi connectivity index (χ3n) is 4.51. The molecule has 1 atom stereocenters. The van der Waals surface area contributed by atoms with E-state index in [1.165, 1.54) is 18.5 Å². The predicted octanol–water partition coefficient (Wildman–Crippen LogP) is 3.76. The molecule has 0 spiro atoms. The number of carbonyl (C=O) groups excluding carboxylic acids is 1. The third kappa shape index (κ3) is 3.73. The number of nitrogens with one attached hydrogen (secondary N) is 1. The summed E-state index contributed by atoms with van der Waals surface area (Å²) in [6.45, 7) is 4.62. The number of benzene rings is 1. The van der Waals surface area contributed by atoms with E-state index < -0.39 is 0 Å². The normalized spacial score (nSPS) is 23.3. The van der Waals surface area contributed by atoms with Gasteiger partial charge < -0.3 is 10.2 Å². The van der Waals surface area contributed by atoms with Crippen LogP contribution >= 0.6 is 11.8 Å². The smallest absolute Gasteiger partial charge is 0.237 e. The lowest BCUT2D eigenvalue weighted by molar-refractivity contribution is -0.115. The zero-order valence-corrected chi connectivity index (χ0v) is 13.5. The molecule has 1 aromatic carbocycles. The molecule has 0 aromatic heterocycles. The van der Waals surface area contributed by atoms with Crippen molar-refractivity contribution in [2.24, 2.45) is 5.92 Å². The number of hydrogen-bond acceptors (Lipinski definition) is 3. The Morgan fingerprint density at radius 1 is 1.19 bits per heavy atom. The molecule has 0 aliphatic carbocycles. The Balaban J connectivity index is 1.57. The van der Waals surface area contributed by atoms with Crippen molar-refractivity contribution in [3.8, 4) is 0 Å². The molecule has 1 aromatic rings. The van der Waals surface area contributed by atoms with Crippen molar-refractivity contribution < 1.29 is 4.79 Å². The summed E-state index contributed by atoms with van der Waals surface area (Å²) in [7, 11) is 0. The molecule has 1 unspecified atom stereocenters. The van der Waals surface area contributed by atoms with Crippen molar-refractivity contribution in [1.82, 2.24) is 0 Å². The molecule has 2 aliphatic rings. The van der Waals surface area contributed by atoms with Gasteiger partial charge in [-0.05, 0) is 61.6 Å². The first kappa shape index (κ1) is 14.8. The molecule has 0 radical (unpaired) electrons. The molecule has 2 aliphatic heterocycles. The molecular formula is C17H24N2OS. The summed E-state index contributed by atoms with van der Waals surface area (Å²) in [5.41, 5.74) is 2.19. The lowest BCUT2D eigenvalue weighted by Crippen LogP contribution is -2.32. The Kier molecular flexibility index (Phi) is 4.73. The fourth-order valence-electron chi connectivity index (χ4n) is 3.03. The van der Waals surface area contributed by atoms with Crippen LogP contribution in [0, 0.1) is 5.92 Å². The average molecular weight is 304 g/mol. The van der Waals surface area contributed by atoms with Gasteiger partial charge in [-0.2, -0.15) is 0 Å². The van der Waals surface area contributed by atoms with Gasteiger partial charge >= 0.3 is 0 Å². The molecule has 2 saturated heterocycles. The molecule has 0 bridgehead atoms. The minimum absolute atomic E-state index is 0.147. The molecule has 1 N–H and O–H groups in total. The largest absolute Gasteiger partial charge is 0.372 e. The fraction of sp³-hybridized carbons (Fsp3) is 0.588. The molecule has 3 rings (SSSR count). The zero-order valence-electron chi connectivity index (χ0n) is 12.7. The van der Waals surface area contributed by atoms with E-state index in [0.29, 0.717) is 0 Å². The highest BCUT2D eigenvalue weighted by molar-refractivity contribution is 8.00. The number of thioether (sulfide) groups is 1. The molecule has 21 heavy (non-hydrogen) atoms. The first-order chi connectivity index (χ1) is 10.2. The minimum Gasteiger partial charge on any atom is -0.372 e. The maximum atomic E-state index is 12.1. The van der Waals surface area contributed by atoms with Crippen molar-refractivity contribution in [1.29, 1.82) is 0 Å². The van der Waals surface area contributed by atoms with Crippen LogP contribution in [0.1, 0.15) is 32.6 Å². The van der Waals surface area contributed by atoms with Gasteiger partial charge in [-0.15, -0.1) is 11.8 Å². The van der Waals surface area contributed by atoms with Crippen LogP contribution in [0.25, 0.3) is 0 Å². The van der Waals surface area contributed by atoms with E-state index in [1.807, 2.05) is 12.1 Å². The number of amides is 1. The maximum Gasteiger partial charge on any atom is 0.237 e. The second kappa shape index (κ2) is 6.73.